The maximum absolute atomic E-state index is 6.17. The molecule has 1 atom stereocenters. The molecule has 0 bridgehead atoms. The summed E-state index contributed by atoms with van der Waals surface area (Å²) in [6.45, 7) is 1.20. The van der Waals surface area contributed by atoms with Crippen molar-refractivity contribution in [2.45, 2.75) is 56.6 Å². The Morgan fingerprint density at radius 1 is 1.08 bits per heavy atom. The lowest BCUT2D eigenvalue weighted by Gasteiger charge is -2.29. The van der Waals surface area contributed by atoms with Gasteiger partial charge in [0.1, 0.15) is 0 Å². The van der Waals surface area contributed by atoms with Crippen LogP contribution in [-0.4, -0.2) is 23.3 Å². The zero-order valence-corrected chi connectivity index (χ0v) is 8.09. The molecule has 13 heavy (non-hydrogen) atoms. The van der Waals surface area contributed by atoms with Crippen LogP contribution in [0.4, 0.5) is 0 Å². The predicted molar refractivity (Wildman–Crippen MR) is 49.1 cm³/mol. The molecule has 2 spiro atoms. The third-order valence-electron chi connectivity index (χ3n) is 4.78. The number of piperidine rings is 1. The number of hydrogen-bond donors (Lipinski definition) is 0. The normalized spacial score (nSPS) is 43.8. The van der Waals surface area contributed by atoms with Gasteiger partial charge in [-0.15, -0.1) is 0 Å². The third-order valence-corrected chi connectivity index (χ3v) is 4.78. The maximum Gasteiger partial charge on any atom is 0.0973 e. The van der Waals surface area contributed by atoms with E-state index in [1.54, 1.807) is 0 Å². The number of hydroxylamine groups is 2. The molecule has 4 rings (SSSR count). The van der Waals surface area contributed by atoms with Gasteiger partial charge >= 0.3 is 0 Å². The monoisotopic (exact) mass is 179 g/mol. The maximum atomic E-state index is 6.17. The summed E-state index contributed by atoms with van der Waals surface area (Å²) in [5.41, 5.74) is 1.01. The third kappa shape index (κ3) is 0.701. The first kappa shape index (κ1) is 7.24. The van der Waals surface area contributed by atoms with Crippen molar-refractivity contribution in [3.05, 3.63) is 0 Å². The lowest BCUT2D eigenvalue weighted by Crippen LogP contribution is -2.37. The molecule has 72 valence electrons. The van der Waals surface area contributed by atoms with Crippen molar-refractivity contribution in [2.75, 3.05) is 6.54 Å². The molecular formula is C11H17NO. The summed E-state index contributed by atoms with van der Waals surface area (Å²) in [7, 11) is 0. The SMILES string of the molecule is C1CCN2OC3(CC3)C3(CC3)C2C1. The van der Waals surface area contributed by atoms with E-state index in [1.807, 2.05) is 0 Å². The van der Waals surface area contributed by atoms with E-state index in [1.165, 1.54) is 51.5 Å². The minimum Gasteiger partial charge on any atom is -0.291 e. The summed E-state index contributed by atoms with van der Waals surface area (Å²) in [4.78, 5) is 6.17. The summed E-state index contributed by atoms with van der Waals surface area (Å²) in [5, 5.41) is 2.35. The quantitative estimate of drug-likeness (QED) is 0.564. The van der Waals surface area contributed by atoms with E-state index in [-0.39, 0.29) is 0 Å². The van der Waals surface area contributed by atoms with Crippen molar-refractivity contribution in [2.24, 2.45) is 5.41 Å². The molecule has 4 fully saturated rings. The highest BCUT2D eigenvalue weighted by Crippen LogP contribution is 2.73. The topological polar surface area (TPSA) is 12.5 Å². The first-order valence-corrected chi connectivity index (χ1v) is 5.82. The van der Waals surface area contributed by atoms with Gasteiger partial charge in [0.2, 0.25) is 0 Å². The second-order valence-corrected chi connectivity index (χ2v) is 5.39. The van der Waals surface area contributed by atoms with Crippen molar-refractivity contribution < 1.29 is 4.84 Å². The van der Waals surface area contributed by atoms with Crippen LogP contribution in [-0.2, 0) is 4.84 Å². The van der Waals surface area contributed by atoms with Gasteiger partial charge < -0.3 is 0 Å². The fourth-order valence-corrected chi connectivity index (χ4v) is 3.81. The van der Waals surface area contributed by atoms with Crippen LogP contribution in [0.5, 0.6) is 0 Å². The van der Waals surface area contributed by atoms with E-state index in [2.05, 4.69) is 5.06 Å². The van der Waals surface area contributed by atoms with Crippen LogP contribution in [0.15, 0.2) is 0 Å². The van der Waals surface area contributed by atoms with Gasteiger partial charge in [0, 0.05) is 18.0 Å². The van der Waals surface area contributed by atoms with E-state index < -0.39 is 0 Å². The zero-order chi connectivity index (χ0) is 8.52. The fraction of sp³-hybridized carbons (Fsp3) is 1.00. The fourth-order valence-electron chi connectivity index (χ4n) is 3.81. The minimum absolute atomic E-state index is 0.363. The summed E-state index contributed by atoms with van der Waals surface area (Å²) in [6.07, 6.45) is 9.79. The molecule has 0 amide bonds. The molecule has 2 aliphatic heterocycles. The number of rotatable bonds is 0. The lowest BCUT2D eigenvalue weighted by atomic mass is 9.84. The number of hydrogen-bond acceptors (Lipinski definition) is 2. The molecule has 2 saturated heterocycles. The van der Waals surface area contributed by atoms with E-state index >= 15 is 0 Å². The van der Waals surface area contributed by atoms with Crippen molar-refractivity contribution in [3.63, 3.8) is 0 Å². The molecule has 0 radical (unpaired) electrons. The zero-order valence-electron chi connectivity index (χ0n) is 8.09. The molecule has 0 aromatic heterocycles. The van der Waals surface area contributed by atoms with Crippen LogP contribution < -0.4 is 0 Å². The molecular weight excluding hydrogens is 162 g/mol. The Hall–Kier alpha value is -0.0800. The van der Waals surface area contributed by atoms with Crippen LogP contribution >= 0.6 is 0 Å². The van der Waals surface area contributed by atoms with Gasteiger partial charge in [-0.3, -0.25) is 4.84 Å². The Labute approximate surface area is 79.2 Å². The highest BCUT2D eigenvalue weighted by atomic mass is 16.7. The summed E-state index contributed by atoms with van der Waals surface area (Å²) in [5.74, 6) is 0. The molecule has 2 heterocycles. The number of nitrogens with zero attached hydrogens (tertiary/aromatic N) is 1. The Bertz CT molecular complexity index is 255. The van der Waals surface area contributed by atoms with Crippen LogP contribution in [0, 0.1) is 5.41 Å². The van der Waals surface area contributed by atoms with Crippen LogP contribution in [0.25, 0.3) is 0 Å². The van der Waals surface area contributed by atoms with Crippen molar-refractivity contribution >= 4 is 0 Å². The van der Waals surface area contributed by atoms with Gasteiger partial charge in [0.25, 0.3) is 0 Å². The largest absolute Gasteiger partial charge is 0.291 e. The standard InChI is InChI=1S/C11H17NO/c1-2-8-12-9(3-1)10(4-5-10)11(13-12)6-7-11/h9H,1-8H2. The van der Waals surface area contributed by atoms with Gasteiger partial charge in [-0.1, -0.05) is 6.42 Å². The Morgan fingerprint density at radius 2 is 1.92 bits per heavy atom. The average Bonchev–Trinajstić information content (AvgIpc) is 2.95. The first-order valence-electron chi connectivity index (χ1n) is 5.82. The second-order valence-electron chi connectivity index (χ2n) is 5.39. The molecule has 1 unspecified atom stereocenters. The van der Waals surface area contributed by atoms with E-state index in [9.17, 15) is 0 Å². The molecule has 2 heteroatoms. The summed E-state index contributed by atoms with van der Waals surface area (Å²) in [6, 6.07) is 0.809. The smallest absolute Gasteiger partial charge is 0.0973 e. The molecule has 2 aliphatic carbocycles. The molecule has 2 nitrogen and oxygen atoms in total. The number of fused-ring (bicyclic) bond motifs is 3. The van der Waals surface area contributed by atoms with E-state index in [0.29, 0.717) is 11.0 Å². The van der Waals surface area contributed by atoms with Gasteiger partial charge in [-0.25, -0.2) is 0 Å². The molecule has 0 N–H and O–H groups in total. The Kier molecular flexibility index (Phi) is 1.09. The summed E-state index contributed by atoms with van der Waals surface area (Å²) >= 11 is 0. The van der Waals surface area contributed by atoms with Crippen LogP contribution in [0.2, 0.25) is 0 Å². The van der Waals surface area contributed by atoms with Crippen LogP contribution in [0.1, 0.15) is 44.9 Å². The average molecular weight is 179 g/mol. The van der Waals surface area contributed by atoms with Crippen molar-refractivity contribution in [1.82, 2.24) is 5.06 Å². The molecule has 2 saturated carbocycles. The molecule has 0 aromatic rings. The lowest BCUT2D eigenvalue weighted by molar-refractivity contribution is -0.181. The highest BCUT2D eigenvalue weighted by molar-refractivity contribution is 5.24. The Morgan fingerprint density at radius 3 is 2.62 bits per heavy atom. The Balaban J connectivity index is 1.73. The van der Waals surface area contributed by atoms with Crippen molar-refractivity contribution in [3.8, 4) is 0 Å². The van der Waals surface area contributed by atoms with Gasteiger partial charge in [0.05, 0.1) is 5.60 Å². The van der Waals surface area contributed by atoms with Gasteiger partial charge in [-0.2, -0.15) is 5.06 Å². The summed E-state index contributed by atoms with van der Waals surface area (Å²) < 4.78 is 0. The first-order chi connectivity index (χ1) is 6.36. The molecule has 4 aliphatic rings. The van der Waals surface area contributed by atoms with Crippen molar-refractivity contribution in [1.29, 1.82) is 0 Å². The molecule has 0 aromatic carbocycles. The highest BCUT2D eigenvalue weighted by Gasteiger charge is 2.75. The second kappa shape index (κ2) is 1.96. The minimum atomic E-state index is 0.363. The van der Waals surface area contributed by atoms with Gasteiger partial charge in [0.15, 0.2) is 0 Å². The van der Waals surface area contributed by atoms with Crippen LogP contribution in [0.3, 0.4) is 0 Å². The van der Waals surface area contributed by atoms with Gasteiger partial charge in [-0.05, 0) is 38.5 Å². The van der Waals surface area contributed by atoms with E-state index in [0.717, 1.165) is 6.04 Å². The predicted octanol–water partition coefficient (Wildman–Crippen LogP) is 2.10. The van der Waals surface area contributed by atoms with E-state index in [4.69, 9.17) is 4.84 Å².